The number of rotatable bonds is 9. The summed E-state index contributed by atoms with van der Waals surface area (Å²) in [7, 11) is 0. The van der Waals surface area contributed by atoms with E-state index < -0.39 is 5.54 Å². The highest BCUT2D eigenvalue weighted by molar-refractivity contribution is 7.99. The number of hydrogen-bond donors (Lipinski definition) is 1. The summed E-state index contributed by atoms with van der Waals surface area (Å²) in [6, 6.07) is 7.27. The van der Waals surface area contributed by atoms with Crippen molar-refractivity contribution in [3.05, 3.63) is 33.6 Å². The van der Waals surface area contributed by atoms with Gasteiger partial charge in [-0.3, -0.25) is 14.2 Å². The zero-order chi connectivity index (χ0) is 21.0. The Hall–Kier alpha value is -2.04. The molecule has 1 aromatic carbocycles. The molecule has 1 heterocycles. The van der Waals surface area contributed by atoms with E-state index in [9.17, 15) is 14.9 Å². The normalized spacial score (nSPS) is 15.7. The molecule has 0 aliphatic heterocycles. The molecule has 3 rings (SSSR count). The van der Waals surface area contributed by atoms with E-state index in [1.807, 2.05) is 0 Å². The number of fused-ring (bicyclic) bond motifs is 1. The number of thioether (sulfide) groups is 1. The van der Waals surface area contributed by atoms with Crippen molar-refractivity contribution in [1.29, 1.82) is 5.26 Å². The van der Waals surface area contributed by atoms with Crippen molar-refractivity contribution in [1.82, 2.24) is 14.9 Å². The van der Waals surface area contributed by atoms with Crippen LogP contribution in [0.15, 0.2) is 28.2 Å². The Morgan fingerprint density at radius 1 is 1.45 bits per heavy atom. The highest BCUT2D eigenvalue weighted by atomic mass is 35.5. The molecule has 154 valence electrons. The Labute approximate surface area is 179 Å². The first-order chi connectivity index (χ1) is 13.9. The van der Waals surface area contributed by atoms with Gasteiger partial charge in [-0.05, 0) is 50.3 Å². The number of nitrogens with one attached hydrogen (secondary N) is 1. The van der Waals surface area contributed by atoms with Gasteiger partial charge in [0, 0.05) is 11.6 Å². The summed E-state index contributed by atoms with van der Waals surface area (Å²) >= 11 is 7.29. The van der Waals surface area contributed by atoms with E-state index in [0.29, 0.717) is 27.6 Å². The van der Waals surface area contributed by atoms with Gasteiger partial charge in [0.25, 0.3) is 5.56 Å². The number of hydrogen-bond acceptors (Lipinski definition) is 5. The molecule has 2 aromatic rings. The van der Waals surface area contributed by atoms with E-state index in [1.165, 1.54) is 11.8 Å². The number of benzene rings is 1. The fourth-order valence-corrected chi connectivity index (χ4v) is 4.33. The monoisotopic (exact) mass is 432 g/mol. The topological polar surface area (TPSA) is 87.8 Å². The number of aromatic nitrogens is 2. The first-order valence-corrected chi connectivity index (χ1v) is 11.3. The lowest BCUT2D eigenvalue weighted by Crippen LogP contribution is -2.47. The molecule has 1 amide bonds. The third kappa shape index (κ3) is 5.12. The van der Waals surface area contributed by atoms with Crippen LogP contribution >= 0.6 is 23.4 Å². The van der Waals surface area contributed by atoms with E-state index in [2.05, 4.69) is 23.3 Å². The molecule has 6 nitrogen and oxygen atoms in total. The van der Waals surface area contributed by atoms with Gasteiger partial charge < -0.3 is 5.32 Å². The second-order valence-electron chi connectivity index (χ2n) is 7.65. The third-order valence-corrected chi connectivity index (χ3v) is 6.44. The van der Waals surface area contributed by atoms with Crippen molar-refractivity contribution in [2.24, 2.45) is 5.92 Å². The molecule has 1 fully saturated rings. The maximum absolute atomic E-state index is 13.0. The highest BCUT2D eigenvalue weighted by Crippen LogP contribution is 2.39. The standard InChI is InChI=1S/C21H25ClN4O2S/c1-3-4-5-10-26-19(28)16-9-8-15(22)11-17(16)24-20(26)29-12-18(27)25-21(2,13-23)14-6-7-14/h8-9,11,14H,3-7,10,12H2,1-2H3,(H,25,27). The summed E-state index contributed by atoms with van der Waals surface area (Å²) in [6.07, 6.45) is 4.84. The van der Waals surface area contributed by atoms with Crippen LogP contribution in [0.4, 0.5) is 0 Å². The molecule has 29 heavy (non-hydrogen) atoms. The Morgan fingerprint density at radius 3 is 2.86 bits per heavy atom. The largest absolute Gasteiger partial charge is 0.337 e. The molecule has 1 aromatic heterocycles. The Bertz CT molecular complexity index is 1010. The van der Waals surface area contributed by atoms with Crippen LogP contribution in [0.1, 0.15) is 46.0 Å². The van der Waals surface area contributed by atoms with Crippen LogP contribution < -0.4 is 10.9 Å². The van der Waals surface area contributed by atoms with Gasteiger partial charge in [-0.2, -0.15) is 5.26 Å². The average Bonchev–Trinajstić information content (AvgIpc) is 3.54. The molecule has 1 N–H and O–H groups in total. The van der Waals surface area contributed by atoms with Gasteiger partial charge in [0.15, 0.2) is 5.16 Å². The number of unbranched alkanes of at least 4 members (excludes halogenated alkanes) is 2. The molecule has 1 unspecified atom stereocenters. The second kappa shape index (κ2) is 9.19. The van der Waals surface area contributed by atoms with Gasteiger partial charge in [0.2, 0.25) is 5.91 Å². The molecule has 0 bridgehead atoms. The van der Waals surface area contributed by atoms with E-state index in [-0.39, 0.29) is 23.1 Å². The fraction of sp³-hybridized carbons (Fsp3) is 0.524. The predicted octanol–water partition coefficient (Wildman–Crippen LogP) is 4.14. The van der Waals surface area contributed by atoms with E-state index in [0.717, 1.165) is 32.1 Å². The van der Waals surface area contributed by atoms with Crippen LogP contribution in [-0.4, -0.2) is 26.8 Å². The summed E-state index contributed by atoms with van der Waals surface area (Å²) in [5, 5.41) is 13.8. The summed E-state index contributed by atoms with van der Waals surface area (Å²) in [6.45, 7) is 4.43. The van der Waals surface area contributed by atoms with Crippen LogP contribution in [0.3, 0.4) is 0 Å². The zero-order valence-electron chi connectivity index (χ0n) is 16.7. The summed E-state index contributed by atoms with van der Waals surface area (Å²) in [5.74, 6) is 0.0807. The van der Waals surface area contributed by atoms with Crippen LogP contribution in [0, 0.1) is 17.2 Å². The minimum Gasteiger partial charge on any atom is -0.337 e. The van der Waals surface area contributed by atoms with Crippen molar-refractivity contribution in [3.8, 4) is 6.07 Å². The second-order valence-corrected chi connectivity index (χ2v) is 9.02. The highest BCUT2D eigenvalue weighted by Gasteiger charge is 2.42. The molecule has 8 heteroatoms. The molecule has 1 aliphatic rings. The zero-order valence-corrected chi connectivity index (χ0v) is 18.3. The van der Waals surface area contributed by atoms with Crippen LogP contribution in [0.2, 0.25) is 5.02 Å². The maximum atomic E-state index is 13.0. The maximum Gasteiger partial charge on any atom is 0.262 e. The molecule has 1 atom stereocenters. The minimum absolute atomic E-state index is 0.0935. The quantitative estimate of drug-likeness (QED) is 0.365. The van der Waals surface area contributed by atoms with Gasteiger partial charge in [-0.1, -0.05) is 43.1 Å². The average molecular weight is 433 g/mol. The third-order valence-electron chi connectivity index (χ3n) is 5.23. The number of carbonyl (C=O) groups is 1. The van der Waals surface area contributed by atoms with Crippen LogP contribution in [0.5, 0.6) is 0 Å². The van der Waals surface area contributed by atoms with E-state index >= 15 is 0 Å². The molecular formula is C21H25ClN4O2S. The molecule has 0 saturated heterocycles. The lowest BCUT2D eigenvalue weighted by molar-refractivity contribution is -0.119. The molecule has 0 radical (unpaired) electrons. The predicted molar refractivity (Wildman–Crippen MR) is 116 cm³/mol. The van der Waals surface area contributed by atoms with Gasteiger partial charge in [-0.25, -0.2) is 4.98 Å². The van der Waals surface area contributed by atoms with Gasteiger partial charge in [0.05, 0.1) is 22.7 Å². The minimum atomic E-state index is -0.831. The Balaban J connectivity index is 1.82. The van der Waals surface area contributed by atoms with Crippen molar-refractivity contribution in [2.75, 3.05) is 5.75 Å². The van der Waals surface area contributed by atoms with Crippen LogP contribution in [0.25, 0.3) is 10.9 Å². The lowest BCUT2D eigenvalue weighted by Gasteiger charge is -2.22. The van der Waals surface area contributed by atoms with Crippen LogP contribution in [-0.2, 0) is 11.3 Å². The number of carbonyl (C=O) groups excluding carboxylic acids is 1. The van der Waals surface area contributed by atoms with Crippen molar-refractivity contribution in [2.45, 2.75) is 63.2 Å². The smallest absolute Gasteiger partial charge is 0.262 e. The number of nitrogens with zero attached hydrogens (tertiary/aromatic N) is 3. The van der Waals surface area contributed by atoms with Gasteiger partial charge >= 0.3 is 0 Å². The Kier molecular flexibility index (Phi) is 6.86. The Morgan fingerprint density at radius 2 is 2.21 bits per heavy atom. The first-order valence-electron chi connectivity index (χ1n) is 9.93. The first kappa shape index (κ1) is 21.7. The number of halogens is 1. The SMILES string of the molecule is CCCCCn1c(SCC(=O)NC(C)(C#N)C2CC2)nc2cc(Cl)ccc2c1=O. The molecule has 1 aliphatic carbocycles. The molecule has 1 saturated carbocycles. The lowest BCUT2D eigenvalue weighted by atomic mass is 9.98. The van der Waals surface area contributed by atoms with Crippen molar-refractivity contribution < 1.29 is 4.79 Å². The summed E-state index contributed by atoms with van der Waals surface area (Å²) < 4.78 is 1.65. The van der Waals surface area contributed by atoms with E-state index in [4.69, 9.17) is 11.6 Å². The van der Waals surface area contributed by atoms with Gasteiger partial charge in [0.1, 0.15) is 5.54 Å². The molecular weight excluding hydrogens is 408 g/mol. The summed E-state index contributed by atoms with van der Waals surface area (Å²) in [5.41, 5.74) is -0.425. The van der Waals surface area contributed by atoms with Crippen molar-refractivity contribution in [3.63, 3.8) is 0 Å². The molecule has 0 spiro atoms. The van der Waals surface area contributed by atoms with E-state index in [1.54, 1.807) is 29.7 Å². The summed E-state index contributed by atoms with van der Waals surface area (Å²) in [4.78, 5) is 30.1. The van der Waals surface area contributed by atoms with Crippen molar-refractivity contribution >= 4 is 40.2 Å². The number of nitriles is 1. The van der Waals surface area contributed by atoms with Gasteiger partial charge in [-0.15, -0.1) is 0 Å². The fourth-order valence-electron chi connectivity index (χ4n) is 3.34. The number of amides is 1.